The van der Waals surface area contributed by atoms with Crippen molar-refractivity contribution in [3.63, 3.8) is 0 Å². The highest BCUT2D eigenvalue weighted by Gasteiger charge is 2.34. The molecule has 158 valence electrons. The Labute approximate surface area is 179 Å². The SMILES string of the molecule is Cc1cc(S(C)(=O)=O)ccc1C(=O)Nc1ccc(-c2csc(C(F)(F)F)n2)c(Cl)c1. The molecular formula is C19H14ClF3N2O3S2. The van der Waals surface area contributed by atoms with Crippen molar-refractivity contribution in [1.29, 1.82) is 0 Å². The maximum atomic E-state index is 12.7. The van der Waals surface area contributed by atoms with Gasteiger partial charge in [0.15, 0.2) is 14.8 Å². The number of aromatic nitrogens is 1. The number of carbonyl (C=O) groups is 1. The third-order valence-corrected chi connectivity index (χ3v) is 6.43. The van der Waals surface area contributed by atoms with Crippen molar-refractivity contribution in [2.75, 3.05) is 11.6 Å². The molecule has 1 amide bonds. The first-order valence-electron chi connectivity index (χ1n) is 8.31. The second kappa shape index (κ2) is 8.01. The average molecular weight is 475 g/mol. The highest BCUT2D eigenvalue weighted by molar-refractivity contribution is 7.90. The molecule has 0 aliphatic heterocycles. The Bertz CT molecular complexity index is 1240. The normalized spacial score (nSPS) is 12.1. The van der Waals surface area contributed by atoms with Crippen LogP contribution in [0.5, 0.6) is 0 Å². The summed E-state index contributed by atoms with van der Waals surface area (Å²) in [6.45, 7) is 1.61. The van der Waals surface area contributed by atoms with Gasteiger partial charge < -0.3 is 5.32 Å². The summed E-state index contributed by atoms with van der Waals surface area (Å²) in [7, 11) is -3.40. The summed E-state index contributed by atoms with van der Waals surface area (Å²) in [6.07, 6.45) is -3.46. The van der Waals surface area contributed by atoms with Crippen molar-refractivity contribution < 1.29 is 26.4 Å². The number of rotatable bonds is 4. The number of alkyl halides is 3. The van der Waals surface area contributed by atoms with Crippen LogP contribution in [-0.2, 0) is 16.0 Å². The Hall–Kier alpha value is -2.43. The molecule has 1 aromatic heterocycles. The van der Waals surface area contributed by atoms with E-state index in [1.54, 1.807) is 6.92 Å². The van der Waals surface area contributed by atoms with Crippen molar-refractivity contribution in [3.8, 4) is 11.3 Å². The van der Waals surface area contributed by atoms with Gasteiger partial charge in [0.25, 0.3) is 5.91 Å². The van der Waals surface area contributed by atoms with Crippen LogP contribution >= 0.6 is 22.9 Å². The molecule has 0 unspecified atom stereocenters. The van der Waals surface area contributed by atoms with E-state index < -0.39 is 26.9 Å². The zero-order valence-corrected chi connectivity index (χ0v) is 17.9. The van der Waals surface area contributed by atoms with E-state index >= 15 is 0 Å². The van der Waals surface area contributed by atoms with E-state index in [4.69, 9.17) is 11.6 Å². The summed E-state index contributed by atoms with van der Waals surface area (Å²) >= 11 is 6.65. The van der Waals surface area contributed by atoms with Crippen molar-refractivity contribution in [1.82, 2.24) is 4.98 Å². The number of anilines is 1. The molecule has 0 saturated carbocycles. The van der Waals surface area contributed by atoms with Crippen LogP contribution < -0.4 is 5.32 Å². The number of thiazole rings is 1. The van der Waals surface area contributed by atoms with Crippen LogP contribution in [0.2, 0.25) is 5.02 Å². The monoisotopic (exact) mass is 474 g/mol. The van der Waals surface area contributed by atoms with Gasteiger partial charge in [0.2, 0.25) is 0 Å². The highest BCUT2D eigenvalue weighted by Crippen LogP contribution is 2.36. The molecule has 1 heterocycles. The topological polar surface area (TPSA) is 76.1 Å². The van der Waals surface area contributed by atoms with Gasteiger partial charge in [-0.25, -0.2) is 13.4 Å². The molecule has 0 fully saturated rings. The van der Waals surface area contributed by atoms with Crippen molar-refractivity contribution in [3.05, 3.63) is 62.9 Å². The molecule has 30 heavy (non-hydrogen) atoms. The lowest BCUT2D eigenvalue weighted by molar-refractivity contribution is -0.137. The predicted molar refractivity (Wildman–Crippen MR) is 110 cm³/mol. The summed E-state index contributed by atoms with van der Waals surface area (Å²) in [6, 6.07) is 8.51. The number of hydrogen-bond donors (Lipinski definition) is 1. The first-order valence-corrected chi connectivity index (χ1v) is 11.5. The number of hydrogen-bond acceptors (Lipinski definition) is 5. The van der Waals surface area contributed by atoms with Crippen molar-refractivity contribution >= 4 is 44.4 Å². The van der Waals surface area contributed by atoms with Crippen LogP contribution in [0.15, 0.2) is 46.7 Å². The summed E-state index contributed by atoms with van der Waals surface area (Å²) in [5.41, 5.74) is 1.46. The molecule has 0 aliphatic carbocycles. The quantitative estimate of drug-likeness (QED) is 0.545. The van der Waals surface area contributed by atoms with E-state index in [0.717, 1.165) is 6.26 Å². The lowest BCUT2D eigenvalue weighted by Crippen LogP contribution is -2.14. The molecule has 0 bridgehead atoms. The van der Waals surface area contributed by atoms with E-state index in [2.05, 4.69) is 10.3 Å². The van der Waals surface area contributed by atoms with Crippen LogP contribution in [0.1, 0.15) is 20.9 Å². The van der Waals surface area contributed by atoms with E-state index in [9.17, 15) is 26.4 Å². The van der Waals surface area contributed by atoms with Gasteiger partial charge in [0, 0.05) is 28.5 Å². The third kappa shape index (κ3) is 4.82. The zero-order valence-electron chi connectivity index (χ0n) is 15.5. The van der Waals surface area contributed by atoms with Gasteiger partial charge >= 0.3 is 6.18 Å². The molecule has 2 aromatic carbocycles. The number of benzene rings is 2. The van der Waals surface area contributed by atoms with Gasteiger partial charge in [-0.1, -0.05) is 11.6 Å². The van der Waals surface area contributed by atoms with Crippen LogP contribution in [0, 0.1) is 6.92 Å². The number of amides is 1. The molecule has 0 spiro atoms. The van der Waals surface area contributed by atoms with Gasteiger partial charge in [-0.3, -0.25) is 4.79 Å². The van der Waals surface area contributed by atoms with Gasteiger partial charge in [0.05, 0.1) is 15.6 Å². The predicted octanol–water partition coefficient (Wildman–Crippen LogP) is 5.45. The van der Waals surface area contributed by atoms with Gasteiger partial charge in [-0.2, -0.15) is 13.2 Å². The molecule has 0 atom stereocenters. The number of halogens is 4. The minimum atomic E-state index is -4.53. The van der Waals surface area contributed by atoms with Crippen LogP contribution in [-0.4, -0.2) is 25.6 Å². The van der Waals surface area contributed by atoms with Crippen LogP contribution in [0.3, 0.4) is 0 Å². The molecule has 0 aliphatic rings. The van der Waals surface area contributed by atoms with Crippen LogP contribution in [0.4, 0.5) is 18.9 Å². The molecule has 0 radical (unpaired) electrons. The van der Waals surface area contributed by atoms with E-state index in [0.29, 0.717) is 28.2 Å². The Balaban J connectivity index is 1.82. The number of aryl methyl sites for hydroxylation is 1. The van der Waals surface area contributed by atoms with E-state index in [1.807, 2.05) is 0 Å². The fraction of sp³-hybridized carbons (Fsp3) is 0.158. The lowest BCUT2D eigenvalue weighted by atomic mass is 10.1. The fourth-order valence-corrected chi connectivity index (χ4v) is 4.32. The third-order valence-electron chi connectivity index (χ3n) is 4.12. The maximum absolute atomic E-state index is 12.7. The van der Waals surface area contributed by atoms with Crippen molar-refractivity contribution in [2.24, 2.45) is 0 Å². The van der Waals surface area contributed by atoms with Crippen LogP contribution in [0.25, 0.3) is 11.3 Å². The summed E-state index contributed by atoms with van der Waals surface area (Å²) in [5.74, 6) is -0.482. The Morgan fingerprint density at radius 1 is 1.17 bits per heavy atom. The molecule has 1 N–H and O–H groups in total. The second-order valence-electron chi connectivity index (χ2n) is 6.43. The van der Waals surface area contributed by atoms with E-state index in [-0.39, 0.29) is 21.2 Å². The Morgan fingerprint density at radius 2 is 1.87 bits per heavy atom. The standard InChI is InChI=1S/C19H14ClF3N2O3S2/c1-10-7-12(30(2,27)28)4-6-13(10)17(26)24-11-3-5-14(15(20)8-11)16-9-29-18(25-16)19(21,22)23/h3-9H,1-2H3,(H,24,26). The first-order chi connectivity index (χ1) is 13.9. The van der Waals surface area contributed by atoms with E-state index in [1.165, 1.54) is 41.8 Å². The van der Waals surface area contributed by atoms with Gasteiger partial charge in [-0.05, 0) is 48.9 Å². The largest absolute Gasteiger partial charge is 0.443 e. The minimum absolute atomic E-state index is 0.0856. The summed E-state index contributed by atoms with van der Waals surface area (Å²) in [5, 5.41) is 3.04. The van der Waals surface area contributed by atoms with Gasteiger partial charge in [0.1, 0.15) is 0 Å². The minimum Gasteiger partial charge on any atom is -0.322 e. The first kappa shape index (κ1) is 22.3. The summed E-state index contributed by atoms with van der Waals surface area (Å²) < 4.78 is 61.5. The number of carbonyl (C=O) groups excluding carboxylic acids is 1. The fourth-order valence-electron chi connectivity index (χ4n) is 2.65. The molecule has 0 saturated heterocycles. The van der Waals surface area contributed by atoms with Crippen molar-refractivity contribution in [2.45, 2.75) is 18.0 Å². The lowest BCUT2D eigenvalue weighted by Gasteiger charge is -2.10. The zero-order chi connectivity index (χ0) is 22.3. The average Bonchev–Trinajstić information content (AvgIpc) is 3.11. The molecule has 5 nitrogen and oxygen atoms in total. The summed E-state index contributed by atoms with van der Waals surface area (Å²) in [4.78, 5) is 16.2. The number of nitrogens with zero attached hydrogens (tertiary/aromatic N) is 1. The number of nitrogens with one attached hydrogen (secondary N) is 1. The Morgan fingerprint density at radius 3 is 2.40 bits per heavy atom. The van der Waals surface area contributed by atoms with Gasteiger partial charge in [-0.15, -0.1) is 11.3 Å². The molecule has 3 aromatic rings. The smallest absolute Gasteiger partial charge is 0.322 e. The Kier molecular flexibility index (Phi) is 5.94. The number of sulfone groups is 1. The maximum Gasteiger partial charge on any atom is 0.443 e. The second-order valence-corrected chi connectivity index (χ2v) is 9.71. The molecule has 3 rings (SSSR count). The highest BCUT2D eigenvalue weighted by atomic mass is 35.5. The molecule has 11 heteroatoms. The molecular weight excluding hydrogens is 461 g/mol.